The van der Waals surface area contributed by atoms with Gasteiger partial charge in [0.2, 0.25) is 11.8 Å². The van der Waals surface area contributed by atoms with Crippen LogP contribution in [0.5, 0.6) is 0 Å². The number of amides is 2. The quantitative estimate of drug-likeness (QED) is 0.601. The molecule has 1 aromatic rings. The minimum atomic E-state index is -0.390. The number of ether oxygens (including phenoxy) is 1. The van der Waals surface area contributed by atoms with Gasteiger partial charge in [0.05, 0.1) is 34.8 Å². The predicted octanol–water partition coefficient (Wildman–Crippen LogP) is 1.50. The van der Waals surface area contributed by atoms with E-state index in [2.05, 4.69) is 11.1 Å². The van der Waals surface area contributed by atoms with Crippen molar-refractivity contribution in [3.05, 3.63) is 20.1 Å². The fraction of sp³-hybridized carbons (Fsp3) is 0.556. The third kappa shape index (κ3) is 2.40. The Balaban J connectivity index is 1.40. The molecule has 142 valence electrons. The number of rotatable bonds is 4. The minimum absolute atomic E-state index is 0.0412. The lowest BCUT2D eigenvalue weighted by Gasteiger charge is -2.32. The summed E-state index contributed by atoms with van der Waals surface area (Å²) in [6.07, 6.45) is 2.94. The van der Waals surface area contributed by atoms with Gasteiger partial charge in [-0.1, -0.05) is 28.7 Å². The lowest BCUT2D eigenvalue weighted by molar-refractivity contribution is -0.145. The number of fused-ring (bicyclic) bond motifs is 9. The first-order valence-electron chi connectivity index (χ1n) is 9.11. The van der Waals surface area contributed by atoms with Crippen molar-refractivity contribution in [2.45, 2.75) is 30.0 Å². The lowest BCUT2D eigenvalue weighted by Crippen LogP contribution is -2.35. The molecule has 5 atom stereocenters. The van der Waals surface area contributed by atoms with Crippen molar-refractivity contribution in [1.82, 2.24) is 9.88 Å². The first-order chi connectivity index (χ1) is 13.0. The Bertz CT molecular complexity index is 948. The Morgan fingerprint density at radius 2 is 2.07 bits per heavy atom. The van der Waals surface area contributed by atoms with E-state index in [1.807, 2.05) is 0 Å². The second kappa shape index (κ2) is 6.07. The molecule has 2 amide bonds. The standard InChI is InChI=1S/C18H18N2O5S2/c1-2-25-11(21)3-4-20-16(22)12-7-5-9(13(12)17(20)23)14-8(7)6-10-15(27-14)19-18(24)26-10/h6-7,9,12-14H,2-5H2,1H3,(H,19,24)/t7-,9+,12+,13+,14+/m0/s1. The maximum absolute atomic E-state index is 13.0. The number of aromatic amines is 1. The van der Waals surface area contributed by atoms with Gasteiger partial charge in [-0.25, -0.2) is 0 Å². The highest BCUT2D eigenvalue weighted by Crippen LogP contribution is 2.64. The van der Waals surface area contributed by atoms with Crippen LogP contribution < -0.4 is 4.87 Å². The highest BCUT2D eigenvalue weighted by atomic mass is 32.2. The van der Waals surface area contributed by atoms with Gasteiger partial charge >= 0.3 is 10.8 Å². The van der Waals surface area contributed by atoms with Crippen molar-refractivity contribution in [2.75, 3.05) is 13.2 Å². The first-order valence-corrected chi connectivity index (χ1v) is 10.8. The average Bonchev–Trinajstić information content (AvgIpc) is 3.33. The summed E-state index contributed by atoms with van der Waals surface area (Å²) in [5.74, 6) is -1.14. The number of esters is 1. The number of nitrogens with one attached hydrogen (secondary N) is 1. The van der Waals surface area contributed by atoms with Gasteiger partial charge in [0.1, 0.15) is 0 Å². The van der Waals surface area contributed by atoms with E-state index in [1.165, 1.54) is 21.8 Å². The molecule has 9 heteroatoms. The van der Waals surface area contributed by atoms with Crippen LogP contribution in [0.25, 0.3) is 6.08 Å². The van der Waals surface area contributed by atoms with E-state index in [1.54, 1.807) is 18.7 Å². The normalized spacial score (nSPS) is 33.0. The molecule has 0 spiro atoms. The second-order valence-electron chi connectivity index (χ2n) is 7.33. The highest BCUT2D eigenvalue weighted by molar-refractivity contribution is 8.00. The predicted molar refractivity (Wildman–Crippen MR) is 99.1 cm³/mol. The fourth-order valence-corrected chi connectivity index (χ4v) is 7.58. The third-order valence-corrected chi connectivity index (χ3v) is 8.48. The monoisotopic (exact) mass is 406 g/mol. The van der Waals surface area contributed by atoms with Gasteiger partial charge in [-0.15, -0.1) is 0 Å². The Morgan fingerprint density at radius 1 is 1.30 bits per heavy atom. The summed E-state index contributed by atoms with van der Waals surface area (Å²) in [4.78, 5) is 54.1. The molecule has 2 aliphatic carbocycles. The number of H-pyrrole nitrogens is 1. The number of carbonyl (C=O) groups excluding carboxylic acids is 3. The summed E-state index contributed by atoms with van der Waals surface area (Å²) in [5.41, 5.74) is 1.20. The highest BCUT2D eigenvalue weighted by Gasteiger charge is 2.66. The fourth-order valence-electron chi connectivity index (χ4n) is 5.14. The smallest absolute Gasteiger partial charge is 0.307 e. The lowest BCUT2D eigenvalue weighted by atomic mass is 9.77. The zero-order chi connectivity index (χ0) is 18.9. The maximum atomic E-state index is 13.0. The summed E-state index contributed by atoms with van der Waals surface area (Å²) in [5, 5.41) is 1.02. The summed E-state index contributed by atoms with van der Waals surface area (Å²) < 4.78 is 4.91. The molecule has 5 rings (SSSR count). The van der Waals surface area contributed by atoms with Crippen molar-refractivity contribution in [3.63, 3.8) is 0 Å². The molecule has 7 nitrogen and oxygen atoms in total. The van der Waals surface area contributed by atoms with Crippen LogP contribution in [0.15, 0.2) is 15.4 Å². The maximum Gasteiger partial charge on any atom is 0.307 e. The van der Waals surface area contributed by atoms with Crippen molar-refractivity contribution < 1.29 is 19.1 Å². The summed E-state index contributed by atoms with van der Waals surface area (Å²) >= 11 is 2.81. The van der Waals surface area contributed by atoms with E-state index in [0.29, 0.717) is 0 Å². The number of thiazole rings is 1. The van der Waals surface area contributed by atoms with E-state index in [-0.39, 0.29) is 65.2 Å². The molecular weight excluding hydrogens is 388 g/mol. The van der Waals surface area contributed by atoms with E-state index in [4.69, 9.17) is 4.74 Å². The van der Waals surface area contributed by atoms with Gasteiger partial charge in [0, 0.05) is 11.8 Å². The molecule has 1 N–H and O–H groups in total. The van der Waals surface area contributed by atoms with Crippen LogP contribution in [0.2, 0.25) is 0 Å². The van der Waals surface area contributed by atoms with Crippen molar-refractivity contribution in [1.29, 1.82) is 0 Å². The third-order valence-electron chi connectivity index (χ3n) is 6.09. The molecular formula is C18H18N2O5S2. The van der Waals surface area contributed by atoms with Crippen molar-refractivity contribution in [2.24, 2.45) is 23.7 Å². The first kappa shape index (κ1) is 17.2. The Hall–Kier alpha value is -1.87. The van der Waals surface area contributed by atoms with Crippen LogP contribution in [-0.2, 0) is 19.1 Å². The minimum Gasteiger partial charge on any atom is -0.466 e. The topological polar surface area (TPSA) is 96.5 Å². The molecule has 27 heavy (non-hydrogen) atoms. The molecule has 4 aliphatic rings. The van der Waals surface area contributed by atoms with Gasteiger partial charge in [-0.3, -0.25) is 24.1 Å². The molecule has 2 saturated carbocycles. The molecule has 2 bridgehead atoms. The largest absolute Gasteiger partial charge is 0.466 e. The van der Waals surface area contributed by atoms with Crippen LogP contribution >= 0.6 is 23.1 Å². The Morgan fingerprint density at radius 3 is 2.85 bits per heavy atom. The Labute approximate surface area is 163 Å². The molecule has 1 aromatic heterocycles. The second-order valence-corrected chi connectivity index (χ2v) is 9.50. The molecule has 0 radical (unpaired) electrons. The molecule has 0 aromatic carbocycles. The van der Waals surface area contributed by atoms with Gasteiger partial charge < -0.3 is 9.72 Å². The van der Waals surface area contributed by atoms with Gasteiger partial charge in [0.15, 0.2) is 0 Å². The van der Waals surface area contributed by atoms with Crippen LogP contribution in [0.1, 0.15) is 24.6 Å². The molecule has 3 heterocycles. The van der Waals surface area contributed by atoms with Crippen LogP contribution in [0.3, 0.4) is 0 Å². The number of aromatic nitrogens is 1. The van der Waals surface area contributed by atoms with Gasteiger partial charge in [-0.2, -0.15) is 0 Å². The average molecular weight is 406 g/mol. The SMILES string of the molecule is CCOC(=O)CCN1C(=O)[C@@H]2[C@H]3C[C@@H](C4=Cc5sc(=O)[nH]c5S[C@H]43)[C@H]2C1=O. The number of likely N-dealkylation sites (tertiary alicyclic amines) is 1. The molecule has 2 aliphatic heterocycles. The zero-order valence-electron chi connectivity index (χ0n) is 14.6. The summed E-state index contributed by atoms with van der Waals surface area (Å²) in [6, 6.07) is 0. The number of nitrogens with zero attached hydrogens (tertiary/aromatic N) is 1. The summed E-state index contributed by atoms with van der Waals surface area (Å²) in [6.45, 7) is 2.11. The van der Waals surface area contributed by atoms with E-state index < -0.39 is 5.97 Å². The number of imide groups is 1. The Kier molecular flexibility index (Phi) is 3.87. The number of thioether (sulfide) groups is 1. The van der Waals surface area contributed by atoms with Crippen LogP contribution in [-0.4, -0.2) is 46.1 Å². The van der Waals surface area contributed by atoms with E-state index in [0.717, 1.165) is 16.3 Å². The number of hydrogen-bond donors (Lipinski definition) is 1. The van der Waals surface area contributed by atoms with Gasteiger partial charge in [0.25, 0.3) is 0 Å². The molecule has 0 unspecified atom stereocenters. The number of hydrogen-bond acceptors (Lipinski definition) is 7. The molecule has 3 fully saturated rings. The van der Waals surface area contributed by atoms with Crippen molar-refractivity contribution in [3.8, 4) is 0 Å². The van der Waals surface area contributed by atoms with E-state index >= 15 is 0 Å². The van der Waals surface area contributed by atoms with E-state index in [9.17, 15) is 19.2 Å². The van der Waals surface area contributed by atoms with Gasteiger partial charge in [-0.05, 0) is 31.3 Å². The van der Waals surface area contributed by atoms with Crippen LogP contribution in [0, 0.1) is 23.7 Å². The van der Waals surface area contributed by atoms with Crippen molar-refractivity contribution >= 4 is 47.0 Å². The summed E-state index contributed by atoms with van der Waals surface area (Å²) in [7, 11) is 0. The molecule has 1 saturated heterocycles. The van der Waals surface area contributed by atoms with Crippen LogP contribution in [0.4, 0.5) is 0 Å². The number of carbonyl (C=O) groups is 3. The zero-order valence-corrected chi connectivity index (χ0v) is 16.2.